The van der Waals surface area contributed by atoms with Crippen molar-refractivity contribution in [3.8, 4) is 0 Å². The van der Waals surface area contributed by atoms with E-state index in [-0.39, 0.29) is 11.9 Å². The van der Waals surface area contributed by atoms with Gasteiger partial charge >= 0.3 is 0 Å². The molecule has 0 aliphatic heterocycles. The summed E-state index contributed by atoms with van der Waals surface area (Å²) < 4.78 is 0.952. The van der Waals surface area contributed by atoms with Crippen LogP contribution in [0.3, 0.4) is 0 Å². The second-order valence-corrected chi connectivity index (χ2v) is 5.47. The number of hydrogen-bond acceptors (Lipinski definition) is 3. The second-order valence-electron chi connectivity index (χ2n) is 3.98. The van der Waals surface area contributed by atoms with E-state index < -0.39 is 0 Å². The molecule has 0 radical (unpaired) electrons. The zero-order chi connectivity index (χ0) is 13.3. The minimum absolute atomic E-state index is 0.0919. The SMILES string of the molecule is C=CC(C)NC(=O)c1sc2ccc(Cl)cc2c1N. The predicted molar refractivity (Wildman–Crippen MR) is 78.4 cm³/mol. The van der Waals surface area contributed by atoms with Crippen molar-refractivity contribution < 1.29 is 4.79 Å². The maximum Gasteiger partial charge on any atom is 0.263 e. The molecular weight excluding hydrogens is 268 g/mol. The van der Waals surface area contributed by atoms with Gasteiger partial charge in [0.1, 0.15) is 4.88 Å². The maximum atomic E-state index is 12.0. The molecule has 3 nitrogen and oxygen atoms in total. The van der Waals surface area contributed by atoms with Crippen molar-refractivity contribution in [2.75, 3.05) is 5.73 Å². The van der Waals surface area contributed by atoms with Crippen LogP contribution in [0.2, 0.25) is 5.02 Å². The summed E-state index contributed by atoms with van der Waals surface area (Å²) in [4.78, 5) is 12.5. The first-order valence-corrected chi connectivity index (χ1v) is 6.63. The lowest BCUT2D eigenvalue weighted by Gasteiger charge is -2.07. The lowest BCUT2D eigenvalue weighted by molar-refractivity contribution is 0.0952. The topological polar surface area (TPSA) is 55.1 Å². The van der Waals surface area contributed by atoms with Gasteiger partial charge < -0.3 is 11.1 Å². The van der Waals surface area contributed by atoms with Crippen molar-refractivity contribution in [1.82, 2.24) is 5.32 Å². The van der Waals surface area contributed by atoms with Gasteiger partial charge in [0.25, 0.3) is 5.91 Å². The Balaban J connectivity index is 2.42. The number of halogens is 1. The molecule has 2 aromatic rings. The van der Waals surface area contributed by atoms with Gasteiger partial charge in [0.15, 0.2) is 0 Å². The van der Waals surface area contributed by atoms with Crippen molar-refractivity contribution in [3.63, 3.8) is 0 Å². The van der Waals surface area contributed by atoms with Crippen LogP contribution >= 0.6 is 22.9 Å². The second kappa shape index (κ2) is 5.00. The van der Waals surface area contributed by atoms with Gasteiger partial charge in [-0.3, -0.25) is 4.79 Å². The van der Waals surface area contributed by atoms with E-state index in [0.717, 1.165) is 10.1 Å². The average molecular weight is 281 g/mol. The highest BCUT2D eigenvalue weighted by Crippen LogP contribution is 2.35. The Morgan fingerprint density at radius 2 is 2.33 bits per heavy atom. The molecule has 0 aliphatic rings. The van der Waals surface area contributed by atoms with Crippen LogP contribution in [0.15, 0.2) is 30.9 Å². The minimum Gasteiger partial charge on any atom is -0.397 e. The van der Waals surface area contributed by atoms with Gasteiger partial charge in [-0.15, -0.1) is 17.9 Å². The molecule has 94 valence electrons. The van der Waals surface area contributed by atoms with Crippen LogP contribution in [0.5, 0.6) is 0 Å². The fourth-order valence-corrected chi connectivity index (χ4v) is 2.77. The summed E-state index contributed by atoms with van der Waals surface area (Å²) in [5.41, 5.74) is 6.47. The standard InChI is InChI=1S/C13H13ClN2OS/c1-3-7(2)16-13(17)12-11(15)9-6-8(14)4-5-10(9)18-12/h3-7H,1,15H2,2H3,(H,16,17). The summed E-state index contributed by atoms with van der Waals surface area (Å²) >= 11 is 7.28. The normalized spacial score (nSPS) is 12.3. The number of rotatable bonds is 3. The molecule has 1 atom stereocenters. The number of nitrogens with one attached hydrogen (secondary N) is 1. The van der Waals surface area contributed by atoms with Crippen molar-refractivity contribution in [2.45, 2.75) is 13.0 Å². The van der Waals surface area contributed by atoms with Crippen molar-refractivity contribution in [3.05, 3.63) is 40.8 Å². The quantitative estimate of drug-likeness (QED) is 0.846. The smallest absolute Gasteiger partial charge is 0.263 e. The highest BCUT2D eigenvalue weighted by Gasteiger charge is 2.17. The molecule has 1 aromatic carbocycles. The van der Waals surface area contributed by atoms with E-state index in [4.69, 9.17) is 17.3 Å². The van der Waals surface area contributed by atoms with Gasteiger partial charge in [-0.1, -0.05) is 17.7 Å². The fourth-order valence-electron chi connectivity index (χ4n) is 1.59. The van der Waals surface area contributed by atoms with Crippen molar-refractivity contribution in [2.24, 2.45) is 0 Å². The Morgan fingerprint density at radius 1 is 1.61 bits per heavy atom. The summed E-state index contributed by atoms with van der Waals surface area (Å²) in [6.45, 7) is 5.48. The molecular formula is C13H13ClN2OS. The van der Waals surface area contributed by atoms with Crippen LogP contribution < -0.4 is 11.1 Å². The number of carbonyl (C=O) groups excluding carboxylic acids is 1. The summed E-state index contributed by atoms with van der Waals surface area (Å²) in [6.07, 6.45) is 1.66. The van der Waals surface area contributed by atoms with Crippen LogP contribution in [0.25, 0.3) is 10.1 Å². The molecule has 0 aliphatic carbocycles. The number of fused-ring (bicyclic) bond motifs is 1. The molecule has 0 fully saturated rings. The van der Waals surface area contributed by atoms with E-state index in [9.17, 15) is 4.79 Å². The Bertz CT molecular complexity index is 621. The number of thiophene rings is 1. The van der Waals surface area contributed by atoms with Crippen molar-refractivity contribution >= 4 is 44.6 Å². The summed E-state index contributed by atoms with van der Waals surface area (Å²) in [5.74, 6) is -0.183. The first kappa shape index (κ1) is 12.9. The molecule has 1 aromatic heterocycles. The maximum absolute atomic E-state index is 12.0. The number of hydrogen-bond donors (Lipinski definition) is 2. The Morgan fingerprint density at radius 3 is 3.00 bits per heavy atom. The predicted octanol–water partition coefficient (Wildman–Crippen LogP) is 3.44. The van der Waals surface area contributed by atoms with E-state index >= 15 is 0 Å². The van der Waals surface area contributed by atoms with Gasteiger partial charge in [-0.05, 0) is 25.1 Å². The number of benzene rings is 1. The number of nitrogen functional groups attached to an aromatic ring is 1. The minimum atomic E-state index is -0.183. The molecule has 0 bridgehead atoms. The molecule has 3 N–H and O–H groups in total. The molecule has 0 saturated carbocycles. The summed E-state index contributed by atoms with van der Waals surface area (Å²) in [6, 6.07) is 5.34. The lowest BCUT2D eigenvalue weighted by Crippen LogP contribution is -2.30. The number of anilines is 1. The highest BCUT2D eigenvalue weighted by atomic mass is 35.5. The molecule has 0 saturated heterocycles. The summed E-state index contributed by atoms with van der Waals surface area (Å²) in [5, 5.41) is 4.24. The highest BCUT2D eigenvalue weighted by molar-refractivity contribution is 7.21. The van der Waals surface area contributed by atoms with Gasteiger partial charge in [0.05, 0.1) is 5.69 Å². The third-order valence-electron chi connectivity index (χ3n) is 2.61. The van der Waals surface area contributed by atoms with Crippen LogP contribution in [0.1, 0.15) is 16.6 Å². The zero-order valence-corrected chi connectivity index (χ0v) is 11.4. The van der Waals surface area contributed by atoms with E-state index in [1.807, 2.05) is 13.0 Å². The van der Waals surface area contributed by atoms with Crippen LogP contribution in [-0.2, 0) is 0 Å². The van der Waals surface area contributed by atoms with Gasteiger partial charge in [0, 0.05) is 21.2 Å². The number of amides is 1. The molecule has 1 unspecified atom stereocenters. The third-order valence-corrected chi connectivity index (χ3v) is 4.03. The fraction of sp³-hybridized carbons (Fsp3) is 0.154. The molecule has 18 heavy (non-hydrogen) atoms. The van der Waals surface area contributed by atoms with E-state index in [1.54, 1.807) is 18.2 Å². The first-order chi connectivity index (χ1) is 8.52. The Labute approximate surface area is 114 Å². The van der Waals surface area contributed by atoms with Crippen LogP contribution in [0.4, 0.5) is 5.69 Å². The van der Waals surface area contributed by atoms with E-state index in [0.29, 0.717) is 15.6 Å². The molecule has 5 heteroatoms. The molecule has 1 amide bonds. The number of carbonyl (C=O) groups is 1. The van der Waals surface area contributed by atoms with Crippen molar-refractivity contribution in [1.29, 1.82) is 0 Å². The zero-order valence-electron chi connectivity index (χ0n) is 9.87. The molecule has 2 rings (SSSR count). The first-order valence-electron chi connectivity index (χ1n) is 5.44. The summed E-state index contributed by atoms with van der Waals surface area (Å²) in [7, 11) is 0. The Kier molecular flexibility index (Phi) is 3.59. The van der Waals surface area contributed by atoms with Gasteiger partial charge in [0.2, 0.25) is 0 Å². The average Bonchev–Trinajstić information content (AvgIpc) is 2.66. The van der Waals surface area contributed by atoms with E-state index in [2.05, 4.69) is 11.9 Å². The van der Waals surface area contributed by atoms with Gasteiger partial charge in [-0.2, -0.15) is 0 Å². The molecule has 0 spiro atoms. The monoisotopic (exact) mass is 280 g/mol. The number of nitrogens with two attached hydrogens (primary N) is 1. The van der Waals surface area contributed by atoms with Crippen LogP contribution in [0, 0.1) is 0 Å². The Hall–Kier alpha value is -1.52. The third kappa shape index (κ3) is 2.35. The van der Waals surface area contributed by atoms with Gasteiger partial charge in [-0.25, -0.2) is 0 Å². The largest absolute Gasteiger partial charge is 0.397 e. The molecule has 1 heterocycles. The van der Waals surface area contributed by atoms with E-state index in [1.165, 1.54) is 11.3 Å². The van der Waals surface area contributed by atoms with Crippen LogP contribution in [-0.4, -0.2) is 11.9 Å². The lowest BCUT2D eigenvalue weighted by atomic mass is 10.2.